The van der Waals surface area contributed by atoms with Gasteiger partial charge in [0, 0.05) is 37.7 Å². The van der Waals surface area contributed by atoms with E-state index < -0.39 is 0 Å². The van der Waals surface area contributed by atoms with Crippen molar-refractivity contribution in [2.24, 2.45) is 0 Å². The van der Waals surface area contributed by atoms with Gasteiger partial charge in [-0.2, -0.15) is 0 Å². The fourth-order valence-electron chi connectivity index (χ4n) is 2.55. The summed E-state index contributed by atoms with van der Waals surface area (Å²) in [5.41, 5.74) is 0. The van der Waals surface area contributed by atoms with Gasteiger partial charge in [0.15, 0.2) is 0 Å². The van der Waals surface area contributed by atoms with E-state index in [1.807, 2.05) is 23.5 Å². The molecule has 0 aliphatic heterocycles. The van der Waals surface area contributed by atoms with Crippen LogP contribution in [0.4, 0.5) is 0 Å². The average Bonchev–Trinajstić information content (AvgIpc) is 2.67. The second-order valence-electron chi connectivity index (χ2n) is 6.97. The first-order valence-electron chi connectivity index (χ1n) is 10.9. The minimum atomic E-state index is 1.09. The van der Waals surface area contributed by atoms with Crippen molar-refractivity contribution in [3.05, 3.63) is 0 Å². The molecule has 0 aromatic carbocycles. The minimum absolute atomic E-state index is 1.09. The zero-order chi connectivity index (χ0) is 20.3. The van der Waals surface area contributed by atoms with Crippen molar-refractivity contribution in [2.45, 2.75) is 85.5 Å². The van der Waals surface area contributed by atoms with E-state index in [0.29, 0.717) is 0 Å². The maximum atomic E-state index is 5.69. The molecule has 0 aliphatic carbocycles. The number of nitrogens with zero attached hydrogens (tertiary/aromatic N) is 2. The van der Waals surface area contributed by atoms with Crippen LogP contribution in [0.25, 0.3) is 0 Å². The largest absolute Gasteiger partial charge is 0.358 e. The topological polar surface area (TPSA) is 6.48 Å². The standard InChI is InChI=1S/C21H42N2S4/c1-5-9-14-22(15-10-6-2)20(24)26-18-13-19-27-21(25)23(16-11-7-3)17-12-8-4/h5-19H2,1-4H3. The Morgan fingerprint density at radius 1 is 0.556 bits per heavy atom. The maximum Gasteiger partial charge on any atom is 0.136 e. The van der Waals surface area contributed by atoms with Crippen LogP contribution in [0, 0.1) is 0 Å². The lowest BCUT2D eigenvalue weighted by atomic mass is 10.3. The second kappa shape index (κ2) is 19.8. The van der Waals surface area contributed by atoms with Gasteiger partial charge in [0.25, 0.3) is 0 Å². The van der Waals surface area contributed by atoms with Crippen molar-refractivity contribution in [2.75, 3.05) is 37.7 Å². The van der Waals surface area contributed by atoms with Crippen LogP contribution in [0.3, 0.4) is 0 Å². The first-order valence-corrected chi connectivity index (χ1v) is 13.7. The Balaban J connectivity index is 4.10. The molecular weight excluding hydrogens is 409 g/mol. The van der Waals surface area contributed by atoms with Crippen molar-refractivity contribution in [1.82, 2.24) is 9.80 Å². The van der Waals surface area contributed by atoms with Crippen LogP contribution in [0.15, 0.2) is 0 Å². The van der Waals surface area contributed by atoms with Crippen LogP contribution in [-0.2, 0) is 0 Å². The van der Waals surface area contributed by atoms with E-state index in [2.05, 4.69) is 37.5 Å². The summed E-state index contributed by atoms with van der Waals surface area (Å²) in [6.07, 6.45) is 11.0. The number of hydrogen-bond acceptors (Lipinski definition) is 4. The highest BCUT2D eigenvalue weighted by Gasteiger charge is 2.11. The van der Waals surface area contributed by atoms with Crippen LogP contribution in [0.1, 0.15) is 85.5 Å². The van der Waals surface area contributed by atoms with Gasteiger partial charge < -0.3 is 9.80 Å². The number of hydrogen-bond donors (Lipinski definition) is 0. The van der Waals surface area contributed by atoms with Gasteiger partial charge in [0.1, 0.15) is 8.64 Å². The Morgan fingerprint density at radius 2 is 0.852 bits per heavy atom. The molecule has 0 unspecified atom stereocenters. The summed E-state index contributed by atoms with van der Waals surface area (Å²) in [4.78, 5) is 4.84. The molecule has 0 saturated carbocycles. The third-order valence-corrected chi connectivity index (χ3v) is 7.60. The summed E-state index contributed by atoms with van der Waals surface area (Å²) in [5, 5.41) is 0. The molecule has 0 rings (SSSR count). The predicted octanol–water partition coefficient (Wildman–Crippen LogP) is 7.22. The summed E-state index contributed by atoms with van der Waals surface area (Å²) in [6, 6.07) is 0. The molecule has 0 aromatic rings. The first kappa shape index (κ1) is 27.5. The molecule has 0 N–H and O–H groups in total. The van der Waals surface area contributed by atoms with Crippen molar-refractivity contribution in [1.29, 1.82) is 0 Å². The highest BCUT2D eigenvalue weighted by Crippen LogP contribution is 2.17. The lowest BCUT2D eigenvalue weighted by Gasteiger charge is -2.25. The van der Waals surface area contributed by atoms with E-state index in [1.54, 1.807) is 0 Å². The van der Waals surface area contributed by atoms with E-state index in [0.717, 1.165) is 46.3 Å². The van der Waals surface area contributed by atoms with Gasteiger partial charge in [-0.25, -0.2) is 0 Å². The Labute approximate surface area is 189 Å². The van der Waals surface area contributed by atoms with Gasteiger partial charge in [-0.05, 0) is 32.1 Å². The molecule has 0 bridgehead atoms. The van der Waals surface area contributed by atoms with Crippen molar-refractivity contribution < 1.29 is 0 Å². The van der Waals surface area contributed by atoms with E-state index in [1.165, 1.54) is 57.8 Å². The fourth-order valence-corrected chi connectivity index (χ4v) is 5.25. The summed E-state index contributed by atoms with van der Waals surface area (Å²) in [7, 11) is 0. The normalized spacial score (nSPS) is 10.8. The maximum absolute atomic E-state index is 5.69. The first-order chi connectivity index (χ1) is 13.1. The van der Waals surface area contributed by atoms with Gasteiger partial charge in [0.2, 0.25) is 0 Å². The predicted molar refractivity (Wildman–Crippen MR) is 138 cm³/mol. The van der Waals surface area contributed by atoms with Gasteiger partial charge in [-0.3, -0.25) is 0 Å². The van der Waals surface area contributed by atoms with Crippen molar-refractivity contribution in [3.8, 4) is 0 Å². The Bertz CT molecular complexity index is 327. The highest BCUT2D eigenvalue weighted by molar-refractivity contribution is 8.23. The molecule has 0 radical (unpaired) electrons. The third kappa shape index (κ3) is 15.0. The van der Waals surface area contributed by atoms with Crippen LogP contribution in [0.2, 0.25) is 0 Å². The lowest BCUT2D eigenvalue weighted by molar-refractivity contribution is 0.410. The smallest absolute Gasteiger partial charge is 0.136 e. The summed E-state index contributed by atoms with van der Waals surface area (Å²) >= 11 is 15.1. The molecular formula is C21H42N2S4. The average molecular weight is 451 g/mol. The van der Waals surface area contributed by atoms with Gasteiger partial charge in [0.05, 0.1) is 0 Å². The quantitative estimate of drug-likeness (QED) is 0.180. The Kier molecular flexibility index (Phi) is 20.1. The minimum Gasteiger partial charge on any atom is -0.358 e. The van der Waals surface area contributed by atoms with Crippen molar-refractivity contribution >= 4 is 56.6 Å². The number of thiocarbonyl (C=S) groups is 2. The van der Waals surface area contributed by atoms with Crippen LogP contribution in [0.5, 0.6) is 0 Å². The summed E-state index contributed by atoms with van der Waals surface area (Å²) in [6.45, 7) is 13.5. The Hall–Kier alpha value is 0.480. The molecule has 0 atom stereocenters. The van der Waals surface area contributed by atoms with E-state index in [-0.39, 0.29) is 0 Å². The molecule has 160 valence electrons. The van der Waals surface area contributed by atoms with Crippen LogP contribution >= 0.6 is 48.0 Å². The summed E-state index contributed by atoms with van der Waals surface area (Å²) < 4.78 is 2.19. The molecule has 0 aromatic heterocycles. The third-order valence-electron chi connectivity index (χ3n) is 4.38. The fraction of sp³-hybridized carbons (Fsp3) is 0.905. The molecule has 6 heteroatoms. The second-order valence-corrected chi connectivity index (χ2v) is 10.4. The van der Waals surface area contributed by atoms with E-state index in [9.17, 15) is 0 Å². The number of thioether (sulfide) groups is 2. The van der Waals surface area contributed by atoms with Crippen molar-refractivity contribution in [3.63, 3.8) is 0 Å². The van der Waals surface area contributed by atoms with Crippen LogP contribution in [-0.4, -0.2) is 56.1 Å². The van der Waals surface area contributed by atoms with Gasteiger partial charge >= 0.3 is 0 Å². The summed E-state index contributed by atoms with van der Waals surface area (Å²) in [5.74, 6) is 2.21. The van der Waals surface area contributed by atoms with Crippen LogP contribution < -0.4 is 0 Å². The molecule has 0 aliphatic rings. The molecule has 0 heterocycles. The monoisotopic (exact) mass is 450 g/mol. The number of rotatable bonds is 16. The SMILES string of the molecule is CCCCN(CCCC)C(=S)SCCCSC(=S)N(CCCC)CCCC. The number of unbranched alkanes of at least 4 members (excludes halogenated alkanes) is 4. The van der Waals surface area contributed by atoms with E-state index >= 15 is 0 Å². The molecule has 0 saturated heterocycles. The molecule has 27 heavy (non-hydrogen) atoms. The zero-order valence-corrected chi connectivity index (χ0v) is 21.4. The molecule has 2 nitrogen and oxygen atoms in total. The molecule has 0 fully saturated rings. The zero-order valence-electron chi connectivity index (χ0n) is 18.1. The van der Waals surface area contributed by atoms with Gasteiger partial charge in [-0.1, -0.05) is 101 Å². The molecule has 0 spiro atoms. The lowest BCUT2D eigenvalue weighted by Crippen LogP contribution is -2.30. The molecule has 0 amide bonds. The van der Waals surface area contributed by atoms with Gasteiger partial charge in [-0.15, -0.1) is 0 Å². The Morgan fingerprint density at radius 3 is 1.11 bits per heavy atom. The van der Waals surface area contributed by atoms with E-state index in [4.69, 9.17) is 24.4 Å². The highest BCUT2D eigenvalue weighted by atomic mass is 32.2.